The van der Waals surface area contributed by atoms with Crippen molar-refractivity contribution in [1.29, 1.82) is 0 Å². The highest BCUT2D eigenvalue weighted by molar-refractivity contribution is 7.89. The summed E-state index contributed by atoms with van der Waals surface area (Å²) in [6, 6.07) is 3.44. The molecule has 2 rings (SSSR count). The van der Waals surface area contributed by atoms with Crippen LogP contribution in [0, 0.1) is 5.41 Å². The molecule has 0 atom stereocenters. The molecule has 1 aliphatic carbocycles. The summed E-state index contributed by atoms with van der Waals surface area (Å²) in [5.74, 6) is 0. The van der Waals surface area contributed by atoms with Gasteiger partial charge < -0.3 is 5.32 Å². The van der Waals surface area contributed by atoms with Gasteiger partial charge in [0.1, 0.15) is 0 Å². The lowest BCUT2D eigenvalue weighted by molar-refractivity contribution is 0.218. The van der Waals surface area contributed by atoms with Gasteiger partial charge in [0.05, 0.1) is 5.69 Å². The van der Waals surface area contributed by atoms with Crippen molar-refractivity contribution in [2.75, 3.05) is 12.4 Å². The summed E-state index contributed by atoms with van der Waals surface area (Å²) in [6.07, 6.45) is 5.35. The van der Waals surface area contributed by atoms with E-state index in [2.05, 4.69) is 28.9 Å². The maximum atomic E-state index is 12.4. The number of sulfonamides is 1. The van der Waals surface area contributed by atoms with E-state index in [9.17, 15) is 8.42 Å². The summed E-state index contributed by atoms with van der Waals surface area (Å²) in [5.41, 5.74) is 0.847. The van der Waals surface area contributed by atoms with Crippen LogP contribution < -0.4 is 10.0 Å². The maximum absolute atomic E-state index is 12.4. The van der Waals surface area contributed by atoms with Crippen molar-refractivity contribution < 1.29 is 8.42 Å². The van der Waals surface area contributed by atoms with Gasteiger partial charge >= 0.3 is 0 Å². The smallest absolute Gasteiger partial charge is 0.260 e. The third-order valence-electron chi connectivity index (χ3n) is 3.96. The Bertz CT molecular complexity index is 560. The van der Waals surface area contributed by atoms with Gasteiger partial charge in [0, 0.05) is 19.3 Å². The van der Waals surface area contributed by atoms with Crippen LogP contribution >= 0.6 is 0 Å². The van der Waals surface area contributed by atoms with Crippen molar-refractivity contribution in [3.63, 3.8) is 0 Å². The lowest BCUT2D eigenvalue weighted by Gasteiger charge is -2.34. The molecule has 0 bridgehead atoms. The maximum Gasteiger partial charge on any atom is 0.260 e. The normalized spacial score (nSPS) is 19.8. The first kappa shape index (κ1) is 15.3. The molecule has 0 amide bonds. The predicted octanol–water partition coefficient (Wildman–Crippen LogP) is 2.37. The molecule has 0 spiro atoms. The second-order valence-corrected chi connectivity index (χ2v) is 7.80. The summed E-state index contributed by atoms with van der Waals surface area (Å²) in [4.78, 5) is 4.00. The Morgan fingerprint density at radius 2 is 1.95 bits per heavy atom. The number of aromatic nitrogens is 1. The first-order valence-corrected chi connectivity index (χ1v) is 8.47. The van der Waals surface area contributed by atoms with Gasteiger partial charge in [-0.25, -0.2) is 18.1 Å². The summed E-state index contributed by atoms with van der Waals surface area (Å²) in [6.45, 7) is 4.46. The minimum atomic E-state index is -3.56. The molecule has 1 aliphatic rings. The van der Waals surface area contributed by atoms with Gasteiger partial charge in [-0.15, -0.1) is 0 Å². The van der Waals surface area contributed by atoms with Gasteiger partial charge in [-0.05, 0) is 43.2 Å². The van der Waals surface area contributed by atoms with E-state index in [1.807, 2.05) is 0 Å². The van der Waals surface area contributed by atoms with Crippen LogP contribution in [-0.4, -0.2) is 26.5 Å². The van der Waals surface area contributed by atoms with Crippen molar-refractivity contribution in [3.8, 4) is 0 Å². The first-order chi connectivity index (χ1) is 9.34. The lowest BCUT2D eigenvalue weighted by atomic mass is 9.76. The van der Waals surface area contributed by atoms with Crippen molar-refractivity contribution >= 4 is 15.7 Å². The van der Waals surface area contributed by atoms with Crippen LogP contribution in [0.15, 0.2) is 23.4 Å². The third-order valence-corrected chi connectivity index (χ3v) is 5.43. The average molecular weight is 297 g/mol. The summed E-state index contributed by atoms with van der Waals surface area (Å²) in [7, 11) is -1.87. The van der Waals surface area contributed by atoms with Crippen molar-refractivity contribution in [2.24, 2.45) is 5.41 Å². The molecule has 1 heterocycles. The van der Waals surface area contributed by atoms with Gasteiger partial charge in [0.2, 0.25) is 0 Å². The van der Waals surface area contributed by atoms with E-state index in [4.69, 9.17) is 0 Å². The topological polar surface area (TPSA) is 71.1 Å². The molecule has 1 saturated carbocycles. The number of hydrogen-bond acceptors (Lipinski definition) is 4. The minimum Gasteiger partial charge on any atom is -0.386 e. The Kier molecular flexibility index (Phi) is 4.34. The van der Waals surface area contributed by atoms with Gasteiger partial charge in [0.25, 0.3) is 10.0 Å². The van der Waals surface area contributed by atoms with Gasteiger partial charge in [-0.1, -0.05) is 13.8 Å². The highest BCUT2D eigenvalue weighted by atomic mass is 32.2. The first-order valence-electron chi connectivity index (χ1n) is 6.99. The van der Waals surface area contributed by atoms with Gasteiger partial charge in [0.15, 0.2) is 5.03 Å². The molecule has 0 unspecified atom stereocenters. The lowest BCUT2D eigenvalue weighted by Crippen LogP contribution is -2.39. The standard InChI is InChI=1S/C14H23N3O2S/c1-14(2)8-6-11(7-9-14)17-20(18,19)13-12(15-3)5-4-10-16-13/h4-5,10-11,15,17H,6-9H2,1-3H3. The Balaban J connectivity index is 2.12. The average Bonchev–Trinajstić information content (AvgIpc) is 2.41. The van der Waals surface area contributed by atoms with Crippen LogP contribution in [0.1, 0.15) is 39.5 Å². The molecule has 6 heteroatoms. The van der Waals surface area contributed by atoms with E-state index < -0.39 is 10.0 Å². The number of pyridine rings is 1. The van der Waals surface area contributed by atoms with Crippen molar-refractivity contribution in [1.82, 2.24) is 9.71 Å². The fourth-order valence-corrected chi connectivity index (χ4v) is 4.03. The summed E-state index contributed by atoms with van der Waals surface area (Å²) >= 11 is 0. The number of nitrogens with zero attached hydrogens (tertiary/aromatic N) is 1. The Morgan fingerprint density at radius 3 is 2.55 bits per heavy atom. The second-order valence-electron chi connectivity index (χ2n) is 6.17. The molecule has 0 aromatic carbocycles. The highest BCUT2D eigenvalue weighted by Crippen LogP contribution is 2.35. The number of anilines is 1. The Morgan fingerprint density at radius 1 is 1.30 bits per heavy atom. The molecule has 20 heavy (non-hydrogen) atoms. The molecule has 2 N–H and O–H groups in total. The Labute approximate surface area is 121 Å². The van der Waals surface area contributed by atoms with Crippen molar-refractivity contribution in [2.45, 2.75) is 50.6 Å². The fraction of sp³-hybridized carbons (Fsp3) is 0.643. The van der Waals surface area contributed by atoms with Crippen LogP contribution in [-0.2, 0) is 10.0 Å². The molecule has 0 saturated heterocycles. The third kappa shape index (κ3) is 3.49. The fourth-order valence-electron chi connectivity index (χ4n) is 2.59. The Hall–Kier alpha value is -1.14. The molecule has 1 fully saturated rings. The second kappa shape index (κ2) is 5.69. The van der Waals surface area contributed by atoms with E-state index in [-0.39, 0.29) is 11.1 Å². The van der Waals surface area contributed by atoms with Crippen LogP contribution in [0.25, 0.3) is 0 Å². The molecule has 112 valence electrons. The van der Waals surface area contributed by atoms with E-state index in [0.717, 1.165) is 25.7 Å². The monoisotopic (exact) mass is 297 g/mol. The van der Waals surface area contributed by atoms with Gasteiger partial charge in [-0.3, -0.25) is 0 Å². The zero-order valence-electron chi connectivity index (χ0n) is 12.3. The predicted molar refractivity (Wildman–Crippen MR) is 80.1 cm³/mol. The summed E-state index contributed by atoms with van der Waals surface area (Å²) < 4.78 is 27.6. The molecule has 0 radical (unpaired) electrons. The number of rotatable bonds is 4. The van der Waals surface area contributed by atoms with Crippen molar-refractivity contribution in [3.05, 3.63) is 18.3 Å². The zero-order chi connectivity index (χ0) is 14.8. The quantitative estimate of drug-likeness (QED) is 0.895. The van der Waals surface area contributed by atoms with Gasteiger partial charge in [-0.2, -0.15) is 0 Å². The molecule has 5 nitrogen and oxygen atoms in total. The van der Waals surface area contributed by atoms with Crippen LogP contribution in [0.2, 0.25) is 0 Å². The van der Waals surface area contributed by atoms with E-state index in [0.29, 0.717) is 11.1 Å². The minimum absolute atomic E-state index is 0.0136. The summed E-state index contributed by atoms with van der Waals surface area (Å²) in [5, 5.41) is 2.95. The molecule has 0 aliphatic heterocycles. The van der Waals surface area contributed by atoms with E-state index >= 15 is 0 Å². The number of nitrogens with one attached hydrogen (secondary N) is 2. The molecule has 1 aromatic heterocycles. The van der Waals surface area contributed by atoms with Crippen LogP contribution in [0.5, 0.6) is 0 Å². The molecular weight excluding hydrogens is 274 g/mol. The van der Waals surface area contributed by atoms with E-state index in [1.165, 1.54) is 6.20 Å². The van der Waals surface area contributed by atoms with Crippen LogP contribution in [0.4, 0.5) is 5.69 Å². The zero-order valence-corrected chi connectivity index (χ0v) is 13.1. The molecular formula is C14H23N3O2S. The van der Waals surface area contributed by atoms with E-state index in [1.54, 1.807) is 19.2 Å². The number of hydrogen-bond donors (Lipinski definition) is 2. The largest absolute Gasteiger partial charge is 0.386 e. The van der Waals surface area contributed by atoms with Crippen LogP contribution in [0.3, 0.4) is 0 Å². The highest BCUT2D eigenvalue weighted by Gasteiger charge is 2.30. The SMILES string of the molecule is CNc1cccnc1S(=O)(=O)NC1CCC(C)(C)CC1. The molecule has 1 aromatic rings.